The van der Waals surface area contributed by atoms with Crippen molar-refractivity contribution in [2.24, 2.45) is 11.8 Å². The second kappa shape index (κ2) is 10.5. The van der Waals surface area contributed by atoms with Gasteiger partial charge in [-0.1, -0.05) is 50.8 Å². The average Bonchev–Trinajstić information content (AvgIpc) is 2.54. The summed E-state index contributed by atoms with van der Waals surface area (Å²) in [5.74, 6) is 1.12. The fraction of sp³-hybridized carbons (Fsp3) is 0.600. The lowest BCUT2D eigenvalue weighted by atomic mass is 9.97. The third kappa shape index (κ3) is 6.92. The Morgan fingerprint density at radius 3 is 2.31 bits per heavy atom. The van der Waals surface area contributed by atoms with Crippen LogP contribution in [0.1, 0.15) is 26.3 Å². The van der Waals surface area contributed by atoms with Crippen LogP contribution in [0.3, 0.4) is 0 Å². The number of hydrogen-bond acceptors (Lipinski definition) is 4. The number of nitro groups is 1. The summed E-state index contributed by atoms with van der Waals surface area (Å²) in [5, 5.41) is 11.0. The quantitative estimate of drug-likeness (QED) is 0.310. The van der Waals surface area contributed by atoms with Crippen LogP contribution in [-0.2, 0) is 11.3 Å². The van der Waals surface area contributed by atoms with E-state index in [2.05, 4.69) is 31.8 Å². The summed E-state index contributed by atoms with van der Waals surface area (Å²) in [4.78, 5) is 10.8. The number of ether oxygens (including phenoxy) is 2. The molecule has 1 rings (SSSR count). The van der Waals surface area contributed by atoms with Gasteiger partial charge >= 0.3 is 0 Å². The predicted molar refractivity (Wildman–Crippen MR) is 109 cm³/mol. The van der Waals surface area contributed by atoms with Crippen LogP contribution in [-0.4, -0.2) is 33.3 Å². The Labute approximate surface area is 158 Å². The SMILES string of the molecule is C/C=C\[Si](C)(C)[C@H]([C@H](C)C[N+](=O)[O-])[C@@H](C)COCc1ccc(OC)cc1. The Hall–Kier alpha value is -1.66. The average molecular weight is 380 g/mol. The van der Waals surface area contributed by atoms with Gasteiger partial charge in [-0.25, -0.2) is 0 Å². The lowest BCUT2D eigenvalue weighted by Gasteiger charge is -2.37. The molecule has 146 valence electrons. The van der Waals surface area contributed by atoms with Gasteiger partial charge in [-0.05, 0) is 36.1 Å². The molecule has 0 radical (unpaired) electrons. The van der Waals surface area contributed by atoms with E-state index in [0.717, 1.165) is 11.3 Å². The largest absolute Gasteiger partial charge is 0.497 e. The molecule has 0 aliphatic carbocycles. The van der Waals surface area contributed by atoms with Gasteiger partial charge in [0.25, 0.3) is 0 Å². The zero-order valence-corrected chi connectivity index (χ0v) is 17.9. The maximum Gasteiger partial charge on any atom is 0.206 e. The topological polar surface area (TPSA) is 61.6 Å². The van der Waals surface area contributed by atoms with Gasteiger partial charge in [0.15, 0.2) is 0 Å². The fourth-order valence-electron chi connectivity index (χ4n) is 4.10. The monoisotopic (exact) mass is 379 g/mol. The molecule has 0 spiro atoms. The summed E-state index contributed by atoms with van der Waals surface area (Å²) in [6.45, 7) is 11.9. The van der Waals surface area contributed by atoms with Gasteiger partial charge in [0.05, 0.1) is 21.8 Å². The molecule has 0 aliphatic rings. The zero-order valence-electron chi connectivity index (χ0n) is 16.9. The van der Waals surface area contributed by atoms with E-state index in [1.54, 1.807) is 7.11 Å². The Kier molecular flexibility index (Phi) is 9.02. The Morgan fingerprint density at radius 2 is 1.81 bits per heavy atom. The molecule has 0 saturated heterocycles. The van der Waals surface area contributed by atoms with Crippen molar-refractivity contribution in [2.75, 3.05) is 20.3 Å². The van der Waals surface area contributed by atoms with Crippen LogP contribution in [0.2, 0.25) is 18.6 Å². The van der Waals surface area contributed by atoms with Crippen molar-refractivity contribution in [1.29, 1.82) is 0 Å². The summed E-state index contributed by atoms with van der Waals surface area (Å²) in [6.07, 6.45) is 2.09. The highest BCUT2D eigenvalue weighted by Gasteiger charge is 2.39. The van der Waals surface area contributed by atoms with Gasteiger partial charge in [-0.3, -0.25) is 10.1 Å². The number of nitrogens with zero attached hydrogens (tertiary/aromatic N) is 1. The van der Waals surface area contributed by atoms with Crippen LogP contribution >= 0.6 is 0 Å². The Balaban J connectivity index is 2.74. The molecule has 0 aliphatic heterocycles. The van der Waals surface area contributed by atoms with Crippen LogP contribution in [0.5, 0.6) is 5.75 Å². The fourth-order valence-corrected chi connectivity index (χ4v) is 8.32. The van der Waals surface area contributed by atoms with Gasteiger partial charge in [0, 0.05) is 17.4 Å². The first kappa shape index (κ1) is 22.4. The van der Waals surface area contributed by atoms with E-state index < -0.39 is 8.07 Å². The van der Waals surface area contributed by atoms with E-state index in [4.69, 9.17) is 9.47 Å². The minimum Gasteiger partial charge on any atom is -0.497 e. The summed E-state index contributed by atoms with van der Waals surface area (Å²) in [6, 6.07) is 7.84. The van der Waals surface area contributed by atoms with Gasteiger partial charge in [-0.2, -0.15) is 0 Å². The molecule has 3 atom stereocenters. The van der Waals surface area contributed by atoms with Crippen LogP contribution in [0, 0.1) is 22.0 Å². The molecular weight excluding hydrogens is 346 g/mol. The maximum absolute atomic E-state index is 11.0. The lowest BCUT2D eigenvalue weighted by Crippen LogP contribution is -2.41. The van der Waals surface area contributed by atoms with Gasteiger partial charge in [-0.15, -0.1) is 0 Å². The minimum atomic E-state index is -1.75. The van der Waals surface area contributed by atoms with Crippen molar-refractivity contribution in [3.63, 3.8) is 0 Å². The molecule has 0 amide bonds. The summed E-state index contributed by atoms with van der Waals surface area (Å²) in [5.41, 5.74) is 3.67. The minimum absolute atomic E-state index is 0.0153. The summed E-state index contributed by atoms with van der Waals surface area (Å²) >= 11 is 0. The summed E-state index contributed by atoms with van der Waals surface area (Å²) < 4.78 is 11.1. The van der Waals surface area contributed by atoms with E-state index >= 15 is 0 Å². The third-order valence-electron chi connectivity index (χ3n) is 4.93. The molecule has 26 heavy (non-hydrogen) atoms. The first-order valence-corrected chi connectivity index (χ1v) is 12.3. The van der Waals surface area contributed by atoms with Crippen molar-refractivity contribution < 1.29 is 14.4 Å². The molecule has 1 aromatic carbocycles. The van der Waals surface area contributed by atoms with Gasteiger partial charge in [0.1, 0.15) is 5.75 Å². The molecule has 0 unspecified atom stereocenters. The Bertz CT molecular complexity index is 586. The Morgan fingerprint density at radius 1 is 1.19 bits per heavy atom. The lowest BCUT2D eigenvalue weighted by molar-refractivity contribution is -0.487. The molecule has 0 heterocycles. The number of rotatable bonds is 11. The second-order valence-electron chi connectivity index (χ2n) is 7.68. The van der Waals surface area contributed by atoms with Crippen LogP contribution in [0.25, 0.3) is 0 Å². The highest BCUT2D eigenvalue weighted by molar-refractivity contribution is 6.83. The molecule has 6 heteroatoms. The van der Waals surface area contributed by atoms with Crippen molar-refractivity contribution in [3.8, 4) is 5.75 Å². The third-order valence-corrected chi connectivity index (χ3v) is 8.98. The van der Waals surface area contributed by atoms with E-state index in [-0.39, 0.29) is 23.3 Å². The maximum atomic E-state index is 11.0. The smallest absolute Gasteiger partial charge is 0.206 e. The first-order chi connectivity index (χ1) is 12.2. The molecule has 0 N–H and O–H groups in total. The molecule has 0 saturated carbocycles. The number of hydrogen-bond donors (Lipinski definition) is 0. The van der Waals surface area contributed by atoms with E-state index in [1.807, 2.05) is 38.1 Å². The normalized spacial score (nSPS) is 15.6. The molecule has 1 aromatic rings. The van der Waals surface area contributed by atoms with Crippen LogP contribution < -0.4 is 4.74 Å². The first-order valence-electron chi connectivity index (χ1n) is 9.17. The highest BCUT2D eigenvalue weighted by Crippen LogP contribution is 2.38. The molecule has 0 aromatic heterocycles. The molecule has 0 bridgehead atoms. The molecule has 5 nitrogen and oxygen atoms in total. The van der Waals surface area contributed by atoms with Crippen molar-refractivity contribution in [3.05, 3.63) is 51.7 Å². The van der Waals surface area contributed by atoms with Crippen molar-refractivity contribution >= 4 is 8.07 Å². The van der Waals surface area contributed by atoms with Crippen molar-refractivity contribution in [1.82, 2.24) is 0 Å². The molecule has 0 fully saturated rings. The van der Waals surface area contributed by atoms with E-state index in [9.17, 15) is 10.1 Å². The standard InChI is InChI=1S/C20H33NO4Si/c1-7-12-26(5,6)20(16(2)13-21(22)23)17(3)14-25-15-18-8-10-19(24-4)11-9-18/h7-12,16-17,20H,13-15H2,1-6H3/b12-7-/t16-,17+,20-/m1/s1. The van der Waals surface area contributed by atoms with Crippen LogP contribution in [0.15, 0.2) is 36.0 Å². The van der Waals surface area contributed by atoms with E-state index in [0.29, 0.717) is 18.8 Å². The predicted octanol–water partition coefficient (Wildman–Crippen LogP) is 4.95. The van der Waals surface area contributed by atoms with E-state index in [1.165, 1.54) is 0 Å². The van der Waals surface area contributed by atoms with Crippen molar-refractivity contribution in [2.45, 2.75) is 46.0 Å². The van der Waals surface area contributed by atoms with Gasteiger partial charge in [0.2, 0.25) is 6.54 Å². The summed E-state index contributed by atoms with van der Waals surface area (Å²) in [7, 11) is -0.100. The highest BCUT2D eigenvalue weighted by atomic mass is 28.3. The zero-order chi connectivity index (χ0) is 19.7. The second-order valence-corrected chi connectivity index (χ2v) is 12.3. The molecular formula is C20H33NO4Si. The van der Waals surface area contributed by atoms with Crippen LogP contribution in [0.4, 0.5) is 0 Å². The number of methoxy groups -OCH3 is 1. The number of benzene rings is 1. The number of allylic oxidation sites excluding steroid dienone is 1. The van der Waals surface area contributed by atoms with Gasteiger partial charge < -0.3 is 9.47 Å².